The fourth-order valence-corrected chi connectivity index (χ4v) is 5.36. The summed E-state index contributed by atoms with van der Waals surface area (Å²) in [5.41, 5.74) is 5.47. The summed E-state index contributed by atoms with van der Waals surface area (Å²) in [4.78, 5) is 10.3. The first kappa shape index (κ1) is 22.9. The van der Waals surface area contributed by atoms with Gasteiger partial charge in [-0.3, -0.25) is 8.97 Å². The molecule has 0 atom stereocenters. The number of anilines is 1. The largest absolute Gasteiger partial charge is 0.336 e. The minimum atomic E-state index is 0.688. The molecule has 2 saturated heterocycles. The molecule has 0 amide bonds. The first-order chi connectivity index (χ1) is 16.7. The number of nitrogens with two attached hydrogens (primary N) is 1. The summed E-state index contributed by atoms with van der Waals surface area (Å²) in [5.74, 6) is 8.56. The third kappa shape index (κ3) is 4.82. The molecular formula is C26H36N8+2. The molecule has 2 fully saturated rings. The molecule has 2 aliphatic heterocycles. The Morgan fingerprint density at radius 1 is 0.706 bits per heavy atom. The van der Waals surface area contributed by atoms with Gasteiger partial charge in [-0.05, 0) is 0 Å². The van der Waals surface area contributed by atoms with Gasteiger partial charge in [0.1, 0.15) is 13.1 Å². The van der Waals surface area contributed by atoms with Crippen LogP contribution < -0.4 is 30.9 Å². The van der Waals surface area contributed by atoms with E-state index in [4.69, 9.17) is 15.8 Å². The highest BCUT2D eigenvalue weighted by atomic mass is 15.5. The molecule has 0 saturated carbocycles. The maximum atomic E-state index is 5.96. The number of nitrogen functional groups attached to an aromatic ring is 1. The van der Waals surface area contributed by atoms with E-state index in [0.717, 1.165) is 86.2 Å². The normalized spacial score (nSPS) is 19.4. The third-order valence-electron chi connectivity index (χ3n) is 7.28. The van der Waals surface area contributed by atoms with E-state index in [1.807, 2.05) is 0 Å². The first-order valence-electron chi connectivity index (χ1n) is 12.3. The molecular weight excluding hydrogens is 424 g/mol. The quantitative estimate of drug-likeness (QED) is 0.245. The van der Waals surface area contributed by atoms with Crippen molar-refractivity contribution in [2.24, 2.45) is 5.84 Å². The number of hydrogen-bond acceptors (Lipinski definition) is 6. The maximum Gasteiger partial charge on any atom is 0.336 e. The van der Waals surface area contributed by atoms with E-state index in [2.05, 4.69) is 82.8 Å². The van der Waals surface area contributed by atoms with Crippen LogP contribution >= 0.6 is 0 Å². The number of hydrogen-bond donors (Lipinski definition) is 4. The molecule has 2 aliphatic rings. The van der Waals surface area contributed by atoms with E-state index in [0.29, 0.717) is 5.82 Å². The highest BCUT2D eigenvalue weighted by molar-refractivity contribution is 5.52. The molecule has 2 aromatic carbocycles. The average Bonchev–Trinajstić information content (AvgIpc) is 2.90. The van der Waals surface area contributed by atoms with E-state index in [1.165, 1.54) is 11.1 Å². The van der Waals surface area contributed by atoms with Gasteiger partial charge in [-0.25, -0.2) is 5.84 Å². The van der Waals surface area contributed by atoms with Crippen LogP contribution in [0.5, 0.6) is 0 Å². The first-order valence-corrected chi connectivity index (χ1v) is 12.3. The van der Waals surface area contributed by atoms with Crippen LogP contribution in [0.25, 0.3) is 0 Å². The smallest absolute Gasteiger partial charge is 0.308 e. The van der Waals surface area contributed by atoms with Gasteiger partial charge in [0.15, 0.2) is 5.82 Å². The molecule has 3 aromatic rings. The fourth-order valence-electron chi connectivity index (χ4n) is 5.36. The maximum absolute atomic E-state index is 5.96. The Morgan fingerprint density at radius 3 is 1.74 bits per heavy atom. The van der Waals surface area contributed by atoms with Crippen LogP contribution in [-0.2, 0) is 13.1 Å². The molecule has 34 heavy (non-hydrogen) atoms. The highest BCUT2D eigenvalue weighted by Crippen LogP contribution is 2.32. The van der Waals surface area contributed by atoms with E-state index in [1.54, 1.807) is 0 Å². The van der Waals surface area contributed by atoms with Crippen molar-refractivity contribution in [3.05, 3.63) is 77.9 Å². The van der Waals surface area contributed by atoms with Crippen molar-refractivity contribution in [2.75, 3.05) is 57.8 Å². The van der Waals surface area contributed by atoms with Gasteiger partial charge in [0, 0.05) is 37.3 Å². The third-order valence-corrected chi connectivity index (χ3v) is 7.28. The molecule has 5 rings (SSSR count). The van der Waals surface area contributed by atoms with Crippen molar-refractivity contribution in [3.8, 4) is 0 Å². The second-order valence-corrected chi connectivity index (χ2v) is 9.53. The van der Waals surface area contributed by atoms with Crippen molar-refractivity contribution in [1.82, 2.24) is 29.6 Å². The molecule has 5 N–H and O–H groups in total. The summed E-state index contributed by atoms with van der Waals surface area (Å²) in [5, 5.41) is 7.05. The number of quaternary nitrogens is 2. The van der Waals surface area contributed by atoms with Gasteiger partial charge >= 0.3 is 5.95 Å². The van der Waals surface area contributed by atoms with E-state index < -0.39 is 0 Å². The van der Waals surface area contributed by atoms with Gasteiger partial charge in [0.25, 0.3) is 0 Å². The summed E-state index contributed by atoms with van der Waals surface area (Å²) in [6.45, 7) is 9.45. The molecule has 0 radical (unpaired) electrons. The lowest BCUT2D eigenvalue weighted by Gasteiger charge is -2.42. The Balaban J connectivity index is 1.59. The molecule has 0 spiro atoms. The minimum Gasteiger partial charge on any atom is -0.308 e. The molecule has 3 heterocycles. The Morgan fingerprint density at radius 2 is 1.21 bits per heavy atom. The van der Waals surface area contributed by atoms with Gasteiger partial charge in [0.2, 0.25) is 5.82 Å². The monoisotopic (exact) mass is 460 g/mol. The second kappa shape index (κ2) is 10.2. The van der Waals surface area contributed by atoms with Crippen LogP contribution in [0.3, 0.4) is 0 Å². The molecule has 8 heteroatoms. The SMILES string of the molecule is NNc1cc([N+]2(Cc3ccccc3)CCNCC2)nc([N+]2(Cc3ccccc3)CCNCC2)n1. The van der Waals surface area contributed by atoms with Crippen LogP contribution in [0, 0.1) is 0 Å². The van der Waals surface area contributed by atoms with Crippen LogP contribution in [0.4, 0.5) is 17.6 Å². The minimum absolute atomic E-state index is 0.688. The summed E-state index contributed by atoms with van der Waals surface area (Å²) in [7, 11) is 0. The summed E-state index contributed by atoms with van der Waals surface area (Å²) >= 11 is 0. The lowest BCUT2D eigenvalue weighted by Crippen LogP contribution is -2.61. The summed E-state index contributed by atoms with van der Waals surface area (Å²) in [6.07, 6.45) is 0. The van der Waals surface area contributed by atoms with Crippen molar-refractivity contribution in [2.45, 2.75) is 13.1 Å². The Kier molecular flexibility index (Phi) is 6.85. The number of rotatable bonds is 7. The number of aromatic nitrogens is 2. The zero-order chi connectivity index (χ0) is 23.3. The average molecular weight is 461 g/mol. The van der Waals surface area contributed by atoms with E-state index in [-0.39, 0.29) is 0 Å². The Hall–Kier alpha value is -2.88. The van der Waals surface area contributed by atoms with Gasteiger partial charge < -0.3 is 16.1 Å². The Bertz CT molecular complexity index is 979. The van der Waals surface area contributed by atoms with Crippen molar-refractivity contribution in [1.29, 1.82) is 0 Å². The van der Waals surface area contributed by atoms with Gasteiger partial charge in [0.05, 0.1) is 32.2 Å². The molecule has 8 nitrogen and oxygen atoms in total. The number of nitrogens with one attached hydrogen (secondary N) is 3. The predicted octanol–water partition coefficient (Wildman–Crippen LogP) is 1.98. The fraction of sp³-hybridized carbons (Fsp3) is 0.385. The van der Waals surface area contributed by atoms with Crippen LogP contribution in [-0.4, -0.2) is 62.3 Å². The van der Waals surface area contributed by atoms with E-state index >= 15 is 0 Å². The Labute approximate surface area is 202 Å². The van der Waals surface area contributed by atoms with Crippen LogP contribution in [0.15, 0.2) is 66.7 Å². The number of hydrazine groups is 1. The van der Waals surface area contributed by atoms with Gasteiger partial charge in [-0.15, -0.1) is 4.98 Å². The van der Waals surface area contributed by atoms with Gasteiger partial charge in [-0.2, -0.15) is 4.98 Å². The summed E-state index contributed by atoms with van der Waals surface area (Å²) < 4.78 is 1.52. The van der Waals surface area contributed by atoms with Crippen molar-refractivity contribution in [3.63, 3.8) is 0 Å². The number of benzene rings is 2. The molecule has 0 bridgehead atoms. The van der Waals surface area contributed by atoms with E-state index in [9.17, 15) is 0 Å². The molecule has 178 valence electrons. The number of piperazine rings is 2. The lowest BCUT2D eigenvalue weighted by atomic mass is 10.1. The summed E-state index contributed by atoms with van der Waals surface area (Å²) in [6, 6.07) is 23.5. The lowest BCUT2D eigenvalue weighted by molar-refractivity contribution is 0.209. The zero-order valence-corrected chi connectivity index (χ0v) is 19.8. The van der Waals surface area contributed by atoms with Crippen molar-refractivity contribution >= 4 is 17.6 Å². The van der Waals surface area contributed by atoms with Crippen molar-refractivity contribution < 1.29 is 0 Å². The molecule has 1 aromatic heterocycles. The molecule has 0 unspecified atom stereocenters. The van der Waals surface area contributed by atoms with Gasteiger partial charge in [-0.1, -0.05) is 60.7 Å². The van der Waals surface area contributed by atoms with Crippen LogP contribution in [0.1, 0.15) is 11.1 Å². The topological polar surface area (TPSA) is 87.9 Å². The van der Waals surface area contributed by atoms with Crippen LogP contribution in [0.2, 0.25) is 0 Å². The highest BCUT2D eigenvalue weighted by Gasteiger charge is 2.41. The molecule has 0 aliphatic carbocycles. The zero-order valence-electron chi connectivity index (χ0n) is 19.8. The predicted molar refractivity (Wildman–Crippen MR) is 139 cm³/mol. The standard InChI is InChI=1S/C26H36N8/c27-32-24-19-25(33(15-11-28-12-16-33)20-22-7-3-1-4-8-22)31-26(30-24)34(17-13-29-14-18-34)21-23-9-5-2-6-10-23/h1-10,19,28-29H,11-18,20-21,27H2,(H,30,31,32)/q+2. The number of nitrogens with zero attached hydrogens (tertiary/aromatic N) is 4. The second-order valence-electron chi connectivity index (χ2n) is 9.53.